The van der Waals surface area contributed by atoms with Gasteiger partial charge in [0.2, 0.25) is 0 Å². The zero-order chi connectivity index (χ0) is 32.5. The van der Waals surface area contributed by atoms with Crippen LogP contribution in [0.15, 0.2) is 30.6 Å². The van der Waals surface area contributed by atoms with Crippen molar-refractivity contribution >= 4 is 35.1 Å². The number of imidazole rings is 1. The molecule has 0 atom stereocenters. The number of alkyl halides is 3. The lowest BCUT2D eigenvalue weighted by Crippen LogP contribution is -2.55. The summed E-state index contributed by atoms with van der Waals surface area (Å²) in [5.41, 5.74) is 4.99. The van der Waals surface area contributed by atoms with Crippen LogP contribution in [0.1, 0.15) is 39.5 Å². The Labute approximate surface area is 261 Å². The molecular weight excluding hydrogens is 615 g/mol. The monoisotopic (exact) mass is 645 g/mol. The van der Waals surface area contributed by atoms with Crippen LogP contribution in [0.25, 0.3) is 11.3 Å². The first-order valence-corrected chi connectivity index (χ1v) is 14.5. The van der Waals surface area contributed by atoms with Crippen molar-refractivity contribution in [2.45, 2.75) is 31.6 Å². The summed E-state index contributed by atoms with van der Waals surface area (Å²) in [7, 11) is 1.40. The Morgan fingerprint density at radius 3 is 2.36 bits per heavy atom. The van der Waals surface area contributed by atoms with Crippen LogP contribution in [-0.2, 0) is 19.8 Å². The minimum atomic E-state index is -4.76. The van der Waals surface area contributed by atoms with Crippen LogP contribution in [0.2, 0.25) is 5.02 Å². The summed E-state index contributed by atoms with van der Waals surface area (Å²) >= 11 is 6.44. The molecule has 0 bridgehead atoms. The molecule has 3 aromatic rings. The number of nitrogens with zero attached hydrogens (tertiary/aromatic N) is 7. The number of nitrogens with one attached hydrogen (secondary N) is 1. The summed E-state index contributed by atoms with van der Waals surface area (Å²) in [5.74, 6) is 1.05. The molecule has 5 rings (SSSR count). The number of aromatic nitrogens is 4. The molecule has 12 nitrogen and oxygen atoms in total. The van der Waals surface area contributed by atoms with Crippen molar-refractivity contribution in [2.75, 3.05) is 44.6 Å². The lowest BCUT2D eigenvalue weighted by atomic mass is 10.1. The molecule has 2 fully saturated rings. The molecule has 2 aliphatic heterocycles. The first kappa shape index (κ1) is 31.9. The minimum absolute atomic E-state index is 0.0108. The molecule has 0 unspecified atom stereocenters. The zero-order valence-corrected chi connectivity index (χ0v) is 25.1. The average Bonchev–Trinajstić information content (AvgIpc) is 3.60. The quantitative estimate of drug-likeness (QED) is 0.410. The van der Waals surface area contributed by atoms with E-state index in [4.69, 9.17) is 23.8 Å². The second-order valence-corrected chi connectivity index (χ2v) is 11.3. The molecule has 0 aliphatic carbocycles. The van der Waals surface area contributed by atoms with Gasteiger partial charge in [-0.3, -0.25) is 14.3 Å². The first-order valence-electron chi connectivity index (χ1n) is 14.2. The number of benzene rings is 1. The number of halogens is 4. The average molecular weight is 646 g/mol. The van der Waals surface area contributed by atoms with Gasteiger partial charge in [-0.1, -0.05) is 17.5 Å². The van der Waals surface area contributed by atoms with Crippen molar-refractivity contribution in [3.05, 3.63) is 52.7 Å². The molecule has 1 aromatic carbocycles. The molecule has 2 saturated heterocycles. The number of hydrogen-bond donors (Lipinski definition) is 2. The second kappa shape index (κ2) is 12.8. The fourth-order valence-electron chi connectivity index (χ4n) is 5.38. The van der Waals surface area contributed by atoms with E-state index in [1.54, 1.807) is 14.7 Å². The van der Waals surface area contributed by atoms with Gasteiger partial charge in [0.25, 0.3) is 11.8 Å². The normalized spacial score (nSPS) is 16.1. The number of carbonyl (C=O) groups is 3. The third-order valence-electron chi connectivity index (χ3n) is 7.86. The van der Waals surface area contributed by atoms with Gasteiger partial charge in [-0.05, 0) is 31.0 Å². The van der Waals surface area contributed by atoms with Crippen LogP contribution in [-0.4, -0.2) is 97.2 Å². The summed E-state index contributed by atoms with van der Waals surface area (Å²) in [6.45, 7) is 2.53. The van der Waals surface area contributed by atoms with E-state index in [1.165, 1.54) is 29.8 Å². The van der Waals surface area contributed by atoms with E-state index in [1.807, 2.05) is 0 Å². The van der Waals surface area contributed by atoms with Gasteiger partial charge in [0.15, 0.2) is 11.5 Å². The highest BCUT2D eigenvalue weighted by Crippen LogP contribution is 2.36. The molecule has 3 N–H and O–H groups in total. The fraction of sp³-hybridized carbons (Fsp3) is 0.414. The number of nitrogens with two attached hydrogens (primary N) is 1. The molecule has 238 valence electrons. The van der Waals surface area contributed by atoms with Gasteiger partial charge in [0.1, 0.15) is 6.54 Å². The van der Waals surface area contributed by atoms with E-state index >= 15 is 0 Å². The maximum Gasteiger partial charge on any atom is 0.435 e. The summed E-state index contributed by atoms with van der Waals surface area (Å²) in [6.07, 6.45) is 4.30. The van der Waals surface area contributed by atoms with Crippen LogP contribution in [0.3, 0.4) is 0 Å². The summed E-state index contributed by atoms with van der Waals surface area (Å²) in [4.78, 5) is 48.3. The SMILES string of the molecule is C#CCn1cc(-c2cnc(C(=O)Nc3ccc(C(=O)N4CCN(C(=O)N5CCC(N)CC5)CC4)c(Cl)c3)n2C)c(C(F)(F)F)n1. The van der Waals surface area contributed by atoms with Gasteiger partial charge in [0.05, 0.1) is 28.0 Å². The van der Waals surface area contributed by atoms with Crippen LogP contribution in [0.5, 0.6) is 0 Å². The Balaban J connectivity index is 1.23. The second-order valence-electron chi connectivity index (χ2n) is 10.9. The number of carbonyl (C=O) groups excluding carboxylic acids is 3. The maximum atomic E-state index is 13.7. The van der Waals surface area contributed by atoms with E-state index in [2.05, 4.69) is 21.3 Å². The number of likely N-dealkylation sites (tertiary alicyclic amines) is 1. The standard InChI is InChI=1S/C29H31ClF3N9O3/c1-3-8-42-17-21(24(37-42)29(31,32)33)23-16-35-25(38(23)2)26(43)36-19-4-5-20(22(30)15-19)27(44)39-11-13-41(14-12-39)28(45)40-9-6-18(34)7-10-40/h1,4-5,15-18H,6-14,34H2,2H3,(H,36,43). The number of piperidine rings is 1. The van der Waals surface area contributed by atoms with Crippen molar-refractivity contribution < 1.29 is 27.6 Å². The smallest absolute Gasteiger partial charge is 0.335 e. The fourth-order valence-corrected chi connectivity index (χ4v) is 5.64. The Hall–Kier alpha value is -4.55. The predicted molar refractivity (Wildman–Crippen MR) is 159 cm³/mol. The Morgan fingerprint density at radius 1 is 1.09 bits per heavy atom. The lowest BCUT2D eigenvalue weighted by Gasteiger charge is -2.39. The van der Waals surface area contributed by atoms with Crippen LogP contribution < -0.4 is 11.1 Å². The molecule has 4 amide bonds. The van der Waals surface area contributed by atoms with E-state index in [0.717, 1.165) is 29.9 Å². The Morgan fingerprint density at radius 2 is 1.73 bits per heavy atom. The van der Waals surface area contributed by atoms with Gasteiger partial charge in [0, 0.05) is 64.2 Å². The minimum Gasteiger partial charge on any atom is -0.335 e. The largest absolute Gasteiger partial charge is 0.435 e. The van der Waals surface area contributed by atoms with Crippen molar-refractivity contribution in [3.8, 4) is 23.6 Å². The molecule has 2 aliphatic rings. The molecular formula is C29H31ClF3N9O3. The number of amides is 4. The third kappa shape index (κ3) is 6.76. The maximum absolute atomic E-state index is 13.7. The zero-order valence-electron chi connectivity index (χ0n) is 24.3. The summed E-state index contributed by atoms with van der Waals surface area (Å²) in [5, 5.41) is 6.26. The highest BCUT2D eigenvalue weighted by Gasteiger charge is 2.38. The van der Waals surface area contributed by atoms with Gasteiger partial charge >= 0.3 is 12.2 Å². The van der Waals surface area contributed by atoms with Gasteiger partial charge in [-0.25, -0.2) is 9.78 Å². The summed E-state index contributed by atoms with van der Waals surface area (Å²) < 4.78 is 43.2. The van der Waals surface area contributed by atoms with E-state index in [-0.39, 0.29) is 57.9 Å². The number of rotatable bonds is 5. The van der Waals surface area contributed by atoms with Crippen molar-refractivity contribution in [1.29, 1.82) is 0 Å². The van der Waals surface area contributed by atoms with Crippen molar-refractivity contribution in [3.63, 3.8) is 0 Å². The van der Waals surface area contributed by atoms with Crippen LogP contribution >= 0.6 is 11.6 Å². The molecule has 2 aromatic heterocycles. The Bertz CT molecular complexity index is 1650. The molecule has 0 saturated carbocycles. The van der Waals surface area contributed by atoms with Gasteiger partial charge in [-0.2, -0.15) is 18.3 Å². The molecule has 0 radical (unpaired) electrons. The van der Waals surface area contributed by atoms with E-state index in [9.17, 15) is 27.6 Å². The number of hydrogen-bond acceptors (Lipinski definition) is 6. The Kier molecular flexibility index (Phi) is 9.08. The topological polar surface area (TPSA) is 135 Å². The molecule has 0 spiro atoms. The molecule has 45 heavy (non-hydrogen) atoms. The lowest BCUT2D eigenvalue weighted by molar-refractivity contribution is -0.141. The first-order chi connectivity index (χ1) is 21.4. The highest BCUT2D eigenvalue weighted by atomic mass is 35.5. The highest BCUT2D eigenvalue weighted by molar-refractivity contribution is 6.34. The summed E-state index contributed by atoms with van der Waals surface area (Å²) in [6, 6.07) is 4.45. The predicted octanol–water partition coefficient (Wildman–Crippen LogP) is 3.14. The number of urea groups is 1. The van der Waals surface area contributed by atoms with E-state index in [0.29, 0.717) is 39.3 Å². The van der Waals surface area contributed by atoms with Crippen LogP contribution in [0, 0.1) is 12.3 Å². The number of terminal acetylenes is 1. The third-order valence-corrected chi connectivity index (χ3v) is 8.17. The number of piperazine rings is 1. The molecule has 16 heteroatoms. The van der Waals surface area contributed by atoms with Crippen LogP contribution in [0.4, 0.5) is 23.7 Å². The van der Waals surface area contributed by atoms with Gasteiger partial charge in [-0.15, -0.1) is 6.42 Å². The number of anilines is 1. The molecule has 4 heterocycles. The van der Waals surface area contributed by atoms with Gasteiger partial charge < -0.3 is 30.3 Å². The van der Waals surface area contributed by atoms with Crippen molar-refractivity contribution in [1.82, 2.24) is 34.0 Å². The van der Waals surface area contributed by atoms with E-state index < -0.39 is 17.8 Å². The van der Waals surface area contributed by atoms with Crippen molar-refractivity contribution in [2.24, 2.45) is 12.8 Å².